The molecular formula is C33H57N3O. The molecule has 0 fully saturated rings. The monoisotopic (exact) mass is 511 g/mol. The van der Waals surface area contributed by atoms with Crippen LogP contribution in [0.1, 0.15) is 98.1 Å². The molecule has 0 bridgehead atoms. The lowest BCUT2D eigenvalue weighted by Crippen LogP contribution is -2.21. The Labute approximate surface area is 229 Å². The van der Waals surface area contributed by atoms with E-state index in [4.69, 9.17) is 4.98 Å². The van der Waals surface area contributed by atoms with Crippen LogP contribution in [0.3, 0.4) is 0 Å². The van der Waals surface area contributed by atoms with E-state index < -0.39 is 0 Å². The Morgan fingerprint density at radius 1 is 1.00 bits per heavy atom. The number of nitrogens with zero attached hydrogens (tertiary/aromatic N) is 2. The lowest BCUT2D eigenvalue weighted by atomic mass is 9.93. The highest BCUT2D eigenvalue weighted by atomic mass is 16.3. The zero-order chi connectivity index (χ0) is 28.6. The largest absolute Gasteiger partial charge is 0.507 e. The third kappa shape index (κ3) is 14.1. The SMILES string of the molecule is C=C/C=C/c1ccc(-c2cc(N(C)CCCC)c(CC(CC)CC)cn2)c(O)c1.CC.CCCC.CN. The number of aromatic nitrogens is 1. The van der Waals surface area contributed by atoms with Gasteiger partial charge in [-0.05, 0) is 55.1 Å². The molecular weight excluding hydrogens is 454 g/mol. The van der Waals surface area contributed by atoms with Crippen LogP contribution in [0.15, 0.2) is 49.2 Å². The molecule has 1 heterocycles. The molecule has 210 valence electrons. The van der Waals surface area contributed by atoms with Gasteiger partial charge in [-0.15, -0.1) is 0 Å². The first-order valence-corrected chi connectivity index (χ1v) is 14.4. The molecule has 3 N–H and O–H groups in total. The molecule has 1 aromatic heterocycles. The van der Waals surface area contributed by atoms with Gasteiger partial charge < -0.3 is 15.7 Å². The minimum Gasteiger partial charge on any atom is -0.507 e. The standard InChI is InChI=1S/C26H36N2O.C4H10.C2H6.CH5N/c1-6-10-12-21-13-14-23(26(29)17-21)24-18-25(28(5)15-11-7-2)22(19-27-24)16-20(8-3)9-4;1-3-4-2;2*1-2/h6,10,12-14,17-20,29H,1,7-9,11,15-16H2,2-5H3;3-4H2,1-2H3;1-2H3;2H2,1H3/b12-10+;;;. The first-order chi connectivity index (χ1) is 17.9. The number of phenolic OH excluding ortho intramolecular Hbond substituents is 1. The number of unbranched alkanes of at least 4 members (excludes halogenated alkanes) is 2. The van der Waals surface area contributed by atoms with Crippen LogP contribution in [-0.4, -0.2) is 30.7 Å². The summed E-state index contributed by atoms with van der Waals surface area (Å²) in [5, 5.41) is 10.6. The van der Waals surface area contributed by atoms with E-state index >= 15 is 0 Å². The number of hydrogen-bond donors (Lipinski definition) is 2. The molecule has 0 amide bonds. The number of allylic oxidation sites excluding steroid dienone is 2. The zero-order valence-corrected chi connectivity index (χ0v) is 25.5. The molecule has 1 aromatic carbocycles. The summed E-state index contributed by atoms with van der Waals surface area (Å²) < 4.78 is 0. The van der Waals surface area contributed by atoms with Gasteiger partial charge >= 0.3 is 0 Å². The molecule has 0 aliphatic carbocycles. The molecule has 4 heteroatoms. The van der Waals surface area contributed by atoms with Gasteiger partial charge in [0.05, 0.1) is 5.69 Å². The van der Waals surface area contributed by atoms with E-state index in [1.165, 1.54) is 50.4 Å². The molecule has 0 radical (unpaired) electrons. The molecule has 4 nitrogen and oxygen atoms in total. The van der Waals surface area contributed by atoms with Crippen LogP contribution in [-0.2, 0) is 6.42 Å². The van der Waals surface area contributed by atoms with Gasteiger partial charge in [-0.3, -0.25) is 4.98 Å². The van der Waals surface area contributed by atoms with E-state index in [1.807, 2.05) is 44.3 Å². The van der Waals surface area contributed by atoms with Gasteiger partial charge in [0.15, 0.2) is 0 Å². The zero-order valence-electron chi connectivity index (χ0n) is 25.5. The first-order valence-electron chi connectivity index (χ1n) is 14.4. The summed E-state index contributed by atoms with van der Waals surface area (Å²) in [5.74, 6) is 0.920. The quantitative estimate of drug-likeness (QED) is 0.279. The average molecular weight is 512 g/mol. The smallest absolute Gasteiger partial charge is 0.125 e. The van der Waals surface area contributed by atoms with Gasteiger partial charge in [0.25, 0.3) is 0 Å². The second kappa shape index (κ2) is 23.8. The number of rotatable bonds is 12. The summed E-state index contributed by atoms with van der Waals surface area (Å²) >= 11 is 0. The number of phenols is 1. The van der Waals surface area contributed by atoms with Crippen molar-refractivity contribution in [2.45, 2.75) is 93.4 Å². The molecule has 0 aliphatic heterocycles. The highest BCUT2D eigenvalue weighted by molar-refractivity contribution is 5.73. The lowest BCUT2D eigenvalue weighted by Gasteiger charge is -2.25. The summed E-state index contributed by atoms with van der Waals surface area (Å²) in [7, 11) is 3.66. The first kappa shape index (κ1) is 36.6. The fourth-order valence-electron chi connectivity index (χ4n) is 3.59. The van der Waals surface area contributed by atoms with Gasteiger partial charge in [-0.2, -0.15) is 0 Å². The summed E-state index contributed by atoms with van der Waals surface area (Å²) in [5.41, 5.74) is 9.54. The molecule has 0 unspecified atom stereocenters. The highest BCUT2D eigenvalue weighted by Gasteiger charge is 2.15. The Morgan fingerprint density at radius 2 is 1.62 bits per heavy atom. The van der Waals surface area contributed by atoms with Crippen molar-refractivity contribution in [2.24, 2.45) is 11.7 Å². The minimum atomic E-state index is 0.249. The summed E-state index contributed by atoms with van der Waals surface area (Å²) in [6.07, 6.45) is 15.9. The van der Waals surface area contributed by atoms with Crippen LogP contribution >= 0.6 is 0 Å². The molecule has 37 heavy (non-hydrogen) atoms. The van der Waals surface area contributed by atoms with Crippen molar-refractivity contribution in [3.63, 3.8) is 0 Å². The van der Waals surface area contributed by atoms with Gasteiger partial charge in [0.2, 0.25) is 0 Å². The maximum absolute atomic E-state index is 10.6. The van der Waals surface area contributed by atoms with Crippen LogP contribution < -0.4 is 10.6 Å². The van der Waals surface area contributed by atoms with Crippen LogP contribution in [0, 0.1) is 5.92 Å². The normalized spacial score (nSPS) is 10.0. The van der Waals surface area contributed by atoms with Gasteiger partial charge in [0, 0.05) is 31.0 Å². The predicted molar refractivity (Wildman–Crippen MR) is 169 cm³/mol. The fourth-order valence-corrected chi connectivity index (χ4v) is 3.59. The van der Waals surface area contributed by atoms with Crippen molar-refractivity contribution >= 4 is 11.8 Å². The number of anilines is 1. The van der Waals surface area contributed by atoms with Crippen LogP contribution in [0.5, 0.6) is 5.75 Å². The Morgan fingerprint density at radius 3 is 2.11 bits per heavy atom. The van der Waals surface area contributed by atoms with Crippen molar-refractivity contribution in [1.29, 1.82) is 0 Å². The molecule has 2 aromatic rings. The Balaban J connectivity index is 0. The van der Waals surface area contributed by atoms with Crippen LogP contribution in [0.25, 0.3) is 17.3 Å². The van der Waals surface area contributed by atoms with Gasteiger partial charge in [-0.1, -0.05) is 111 Å². The number of nitrogens with two attached hydrogens (primary N) is 1. The molecule has 0 saturated heterocycles. The summed E-state index contributed by atoms with van der Waals surface area (Å²) in [4.78, 5) is 7.06. The van der Waals surface area contributed by atoms with E-state index in [1.54, 1.807) is 12.1 Å². The second-order valence-corrected chi connectivity index (χ2v) is 8.73. The molecule has 2 rings (SSSR count). The predicted octanol–water partition coefficient (Wildman–Crippen LogP) is 9.28. The van der Waals surface area contributed by atoms with Gasteiger partial charge in [-0.25, -0.2) is 0 Å². The molecule has 0 atom stereocenters. The van der Waals surface area contributed by atoms with E-state index in [0.717, 1.165) is 36.2 Å². The fraction of sp³-hybridized carbons (Fsp3) is 0.545. The molecule has 0 aliphatic rings. The molecule has 0 spiro atoms. The maximum Gasteiger partial charge on any atom is 0.125 e. The Hall–Kier alpha value is -2.59. The van der Waals surface area contributed by atoms with Crippen LogP contribution in [0.4, 0.5) is 5.69 Å². The number of aromatic hydroxyl groups is 1. The van der Waals surface area contributed by atoms with E-state index in [0.29, 0.717) is 5.92 Å². The second-order valence-electron chi connectivity index (χ2n) is 8.73. The van der Waals surface area contributed by atoms with Crippen molar-refractivity contribution in [3.05, 3.63) is 60.3 Å². The van der Waals surface area contributed by atoms with Crippen molar-refractivity contribution in [3.8, 4) is 17.0 Å². The molecule has 0 saturated carbocycles. The van der Waals surface area contributed by atoms with Crippen molar-refractivity contribution in [2.75, 3.05) is 25.5 Å². The minimum absolute atomic E-state index is 0.249. The van der Waals surface area contributed by atoms with Crippen molar-refractivity contribution < 1.29 is 5.11 Å². The maximum atomic E-state index is 10.6. The summed E-state index contributed by atoms with van der Waals surface area (Å²) in [6.45, 7) is 19.8. The van der Waals surface area contributed by atoms with E-state index in [2.05, 4.69) is 64.9 Å². The van der Waals surface area contributed by atoms with Gasteiger partial charge in [0.1, 0.15) is 5.75 Å². The summed E-state index contributed by atoms with van der Waals surface area (Å²) in [6, 6.07) is 7.85. The Bertz CT molecular complexity index is 855. The number of hydrogen-bond acceptors (Lipinski definition) is 4. The van der Waals surface area contributed by atoms with E-state index in [9.17, 15) is 5.11 Å². The number of pyridine rings is 1. The Kier molecular flexibility index (Phi) is 23.5. The number of benzene rings is 1. The van der Waals surface area contributed by atoms with Crippen molar-refractivity contribution in [1.82, 2.24) is 4.98 Å². The average Bonchev–Trinajstić information content (AvgIpc) is 2.95. The topological polar surface area (TPSA) is 62.4 Å². The van der Waals surface area contributed by atoms with E-state index in [-0.39, 0.29) is 5.75 Å². The lowest BCUT2D eigenvalue weighted by molar-refractivity contribution is 0.477. The van der Waals surface area contributed by atoms with Crippen LogP contribution in [0.2, 0.25) is 0 Å². The highest BCUT2D eigenvalue weighted by Crippen LogP contribution is 2.33. The third-order valence-corrected chi connectivity index (χ3v) is 6.11. The third-order valence-electron chi connectivity index (χ3n) is 6.11.